The molecule has 24 heavy (non-hydrogen) atoms. The van der Waals surface area contributed by atoms with Gasteiger partial charge in [0.15, 0.2) is 0 Å². The van der Waals surface area contributed by atoms with E-state index >= 15 is 0 Å². The van der Waals surface area contributed by atoms with E-state index < -0.39 is 17.5 Å². The Bertz CT molecular complexity index is 596. The second kappa shape index (κ2) is 7.81. The van der Waals surface area contributed by atoms with E-state index in [-0.39, 0.29) is 12.4 Å². The normalized spacial score (nSPS) is 25.2. The highest BCUT2D eigenvalue weighted by Crippen LogP contribution is 2.37. The van der Waals surface area contributed by atoms with Crippen molar-refractivity contribution in [1.29, 1.82) is 0 Å². The van der Waals surface area contributed by atoms with E-state index in [4.69, 9.17) is 11.6 Å². The van der Waals surface area contributed by atoms with Crippen LogP contribution in [-0.4, -0.2) is 40.3 Å². The standard InChI is InChI=1S/C18H25ClFNO3/c1-12(2)5-7-18(17(23)24)11-21(8-6-16(18)22)10-13-9-14(20)3-4-15(13)19/h3-4,9,12,16,22H,5-8,10-11H2,1-2H3,(H,23,24)/t16-,18-/m1/s1. The van der Waals surface area contributed by atoms with Crippen LogP contribution in [0.1, 0.15) is 38.7 Å². The summed E-state index contributed by atoms with van der Waals surface area (Å²) in [6.07, 6.45) is 0.678. The Morgan fingerprint density at radius 2 is 2.21 bits per heavy atom. The number of carboxylic acid groups (broad SMARTS) is 1. The summed E-state index contributed by atoms with van der Waals surface area (Å²) >= 11 is 6.12. The minimum absolute atomic E-state index is 0.239. The first-order valence-electron chi connectivity index (χ1n) is 8.32. The van der Waals surface area contributed by atoms with Gasteiger partial charge in [0.1, 0.15) is 11.2 Å². The lowest BCUT2D eigenvalue weighted by Gasteiger charge is -2.43. The van der Waals surface area contributed by atoms with Gasteiger partial charge in [0, 0.05) is 24.7 Å². The van der Waals surface area contributed by atoms with E-state index in [1.165, 1.54) is 18.2 Å². The Morgan fingerprint density at radius 3 is 2.83 bits per heavy atom. The van der Waals surface area contributed by atoms with E-state index in [9.17, 15) is 19.4 Å². The molecular weight excluding hydrogens is 333 g/mol. The van der Waals surface area contributed by atoms with E-state index in [0.29, 0.717) is 42.4 Å². The summed E-state index contributed by atoms with van der Waals surface area (Å²) in [5.74, 6) is -0.970. The molecule has 0 radical (unpaired) electrons. The first-order valence-corrected chi connectivity index (χ1v) is 8.70. The van der Waals surface area contributed by atoms with Crippen molar-refractivity contribution in [1.82, 2.24) is 4.90 Å². The molecular formula is C18H25ClFNO3. The maximum absolute atomic E-state index is 13.4. The van der Waals surface area contributed by atoms with Crippen LogP contribution in [0.2, 0.25) is 5.02 Å². The van der Waals surface area contributed by atoms with E-state index in [0.717, 1.165) is 6.42 Å². The first kappa shape index (κ1) is 19.2. The van der Waals surface area contributed by atoms with Crippen LogP contribution in [-0.2, 0) is 11.3 Å². The molecule has 1 saturated heterocycles. The van der Waals surface area contributed by atoms with Gasteiger partial charge in [-0.1, -0.05) is 25.4 Å². The molecule has 0 bridgehead atoms. The van der Waals surface area contributed by atoms with Crippen LogP contribution in [0.3, 0.4) is 0 Å². The molecule has 1 aliphatic rings. The van der Waals surface area contributed by atoms with Crippen molar-refractivity contribution in [2.24, 2.45) is 11.3 Å². The number of aliphatic carboxylic acids is 1. The number of benzene rings is 1. The van der Waals surface area contributed by atoms with Crippen LogP contribution < -0.4 is 0 Å². The Balaban J connectivity index is 2.18. The minimum atomic E-state index is -1.18. The second-order valence-corrected chi connectivity index (χ2v) is 7.55. The summed E-state index contributed by atoms with van der Waals surface area (Å²) in [4.78, 5) is 13.9. The molecule has 1 fully saturated rings. The number of likely N-dealkylation sites (tertiary alicyclic amines) is 1. The van der Waals surface area contributed by atoms with Crippen LogP contribution in [0, 0.1) is 17.2 Å². The monoisotopic (exact) mass is 357 g/mol. The Kier molecular flexibility index (Phi) is 6.23. The summed E-state index contributed by atoms with van der Waals surface area (Å²) in [5, 5.41) is 20.6. The smallest absolute Gasteiger partial charge is 0.313 e. The number of aliphatic hydroxyl groups excluding tert-OH is 1. The summed E-state index contributed by atoms with van der Waals surface area (Å²) in [6.45, 7) is 5.25. The van der Waals surface area contributed by atoms with Gasteiger partial charge in [0.05, 0.1) is 6.10 Å². The van der Waals surface area contributed by atoms with Crippen molar-refractivity contribution in [3.63, 3.8) is 0 Å². The molecule has 0 saturated carbocycles. The Labute approximate surface area is 147 Å². The van der Waals surface area contributed by atoms with Gasteiger partial charge < -0.3 is 10.2 Å². The third-order valence-corrected chi connectivity index (χ3v) is 5.23. The van der Waals surface area contributed by atoms with Gasteiger partial charge in [-0.25, -0.2) is 4.39 Å². The molecule has 1 aromatic rings. The predicted octanol–water partition coefficient (Wildman–Crippen LogP) is 3.55. The zero-order chi connectivity index (χ0) is 17.9. The SMILES string of the molecule is CC(C)CC[C@@]1(C(=O)O)CN(Cc2cc(F)ccc2Cl)CC[C@H]1O. The van der Waals surface area contributed by atoms with Crippen LogP contribution in [0.4, 0.5) is 4.39 Å². The molecule has 0 aliphatic carbocycles. The maximum Gasteiger partial charge on any atom is 0.313 e. The second-order valence-electron chi connectivity index (χ2n) is 7.14. The fraction of sp³-hybridized carbons (Fsp3) is 0.611. The largest absolute Gasteiger partial charge is 0.481 e. The van der Waals surface area contributed by atoms with Crippen molar-refractivity contribution < 1.29 is 19.4 Å². The van der Waals surface area contributed by atoms with Gasteiger partial charge in [0.2, 0.25) is 0 Å². The molecule has 0 aromatic heterocycles. The summed E-state index contributed by atoms with van der Waals surface area (Å²) < 4.78 is 13.4. The van der Waals surface area contributed by atoms with Crippen molar-refractivity contribution in [2.45, 2.75) is 45.8 Å². The van der Waals surface area contributed by atoms with Gasteiger partial charge in [0.25, 0.3) is 0 Å². The van der Waals surface area contributed by atoms with Gasteiger partial charge in [-0.05, 0) is 48.9 Å². The quantitative estimate of drug-likeness (QED) is 0.817. The highest BCUT2D eigenvalue weighted by molar-refractivity contribution is 6.31. The number of hydrogen-bond donors (Lipinski definition) is 2. The van der Waals surface area contributed by atoms with E-state index in [2.05, 4.69) is 0 Å². The van der Waals surface area contributed by atoms with Crippen molar-refractivity contribution in [2.75, 3.05) is 13.1 Å². The highest BCUT2D eigenvalue weighted by Gasteiger charge is 2.48. The molecule has 2 rings (SSSR count). The number of hydrogen-bond acceptors (Lipinski definition) is 3. The van der Waals surface area contributed by atoms with Crippen LogP contribution >= 0.6 is 11.6 Å². The molecule has 134 valence electrons. The zero-order valence-corrected chi connectivity index (χ0v) is 14.9. The number of nitrogens with zero attached hydrogens (tertiary/aromatic N) is 1. The fourth-order valence-electron chi connectivity index (χ4n) is 3.31. The third kappa shape index (κ3) is 4.26. The average Bonchev–Trinajstić information content (AvgIpc) is 2.51. The van der Waals surface area contributed by atoms with Gasteiger partial charge in [-0.3, -0.25) is 9.69 Å². The summed E-state index contributed by atoms with van der Waals surface area (Å²) in [6, 6.07) is 4.19. The molecule has 0 unspecified atom stereocenters. The third-order valence-electron chi connectivity index (χ3n) is 4.86. The number of carboxylic acids is 1. The predicted molar refractivity (Wildman–Crippen MR) is 91.5 cm³/mol. The molecule has 1 aliphatic heterocycles. The van der Waals surface area contributed by atoms with Gasteiger partial charge in [-0.2, -0.15) is 0 Å². The summed E-state index contributed by atoms with van der Waals surface area (Å²) in [7, 11) is 0. The van der Waals surface area contributed by atoms with E-state index in [1.54, 1.807) is 0 Å². The Morgan fingerprint density at radius 1 is 1.50 bits per heavy atom. The topological polar surface area (TPSA) is 60.8 Å². The van der Waals surface area contributed by atoms with Crippen LogP contribution in [0.15, 0.2) is 18.2 Å². The van der Waals surface area contributed by atoms with Crippen molar-refractivity contribution in [3.05, 3.63) is 34.6 Å². The highest BCUT2D eigenvalue weighted by atomic mass is 35.5. The van der Waals surface area contributed by atoms with Gasteiger partial charge >= 0.3 is 5.97 Å². The Hall–Kier alpha value is -1.17. The number of carbonyl (C=O) groups is 1. The molecule has 0 amide bonds. The van der Waals surface area contributed by atoms with E-state index in [1.807, 2.05) is 18.7 Å². The molecule has 1 aromatic carbocycles. The van der Waals surface area contributed by atoms with Gasteiger partial charge in [-0.15, -0.1) is 0 Å². The molecule has 2 atom stereocenters. The van der Waals surface area contributed by atoms with Crippen LogP contribution in [0.25, 0.3) is 0 Å². The molecule has 0 spiro atoms. The number of halogens is 2. The molecule has 6 heteroatoms. The fourth-order valence-corrected chi connectivity index (χ4v) is 3.49. The number of rotatable bonds is 6. The minimum Gasteiger partial charge on any atom is -0.481 e. The maximum atomic E-state index is 13.4. The number of aliphatic hydroxyl groups is 1. The molecule has 4 nitrogen and oxygen atoms in total. The number of piperidine rings is 1. The lowest BCUT2D eigenvalue weighted by atomic mass is 9.72. The molecule has 1 heterocycles. The lowest BCUT2D eigenvalue weighted by Crippen LogP contribution is -2.55. The lowest BCUT2D eigenvalue weighted by molar-refractivity contribution is -0.165. The average molecular weight is 358 g/mol. The van der Waals surface area contributed by atoms with Crippen molar-refractivity contribution in [3.8, 4) is 0 Å². The first-order chi connectivity index (χ1) is 11.2. The zero-order valence-electron chi connectivity index (χ0n) is 14.1. The van der Waals surface area contributed by atoms with Crippen molar-refractivity contribution >= 4 is 17.6 Å². The molecule has 2 N–H and O–H groups in total. The summed E-state index contributed by atoms with van der Waals surface area (Å²) in [5.41, 5.74) is -0.543. The van der Waals surface area contributed by atoms with Crippen LogP contribution in [0.5, 0.6) is 0 Å².